The van der Waals surface area contributed by atoms with E-state index in [1.807, 2.05) is 33.8 Å². The second kappa shape index (κ2) is 7.64. The van der Waals surface area contributed by atoms with E-state index in [9.17, 15) is 10.4 Å². The number of amidine groups is 1. The molecule has 0 spiro atoms. The van der Waals surface area contributed by atoms with Crippen LogP contribution in [0.5, 0.6) is 0 Å². The molecular weight excluding hydrogens is 668 g/mol. The number of nitrogens with zero attached hydrogens (tertiary/aromatic N) is 2. The average molecular weight is 687 g/mol. The summed E-state index contributed by atoms with van der Waals surface area (Å²) in [5, 5.41) is 26.9. The Bertz CT molecular complexity index is 999. The van der Waals surface area contributed by atoms with Crippen LogP contribution in [-0.4, -0.2) is 98.0 Å². The van der Waals surface area contributed by atoms with Crippen molar-refractivity contribution in [2.75, 3.05) is 11.5 Å². The topological polar surface area (TPSA) is 49.2 Å². The summed E-state index contributed by atoms with van der Waals surface area (Å²) < 4.78 is 10.7. The van der Waals surface area contributed by atoms with Crippen LogP contribution < -0.4 is 8.92 Å². The molecule has 1 aromatic carbocycles. The molecular formula is C19H19N2O2S2Se4. The number of hydrogen-bond donors (Lipinski definition) is 0. The van der Waals surface area contributed by atoms with Gasteiger partial charge in [0, 0.05) is 0 Å². The zero-order valence-corrected chi connectivity index (χ0v) is 24.8. The third-order valence-electron chi connectivity index (χ3n) is 5.76. The summed E-state index contributed by atoms with van der Waals surface area (Å²) in [5.74, 6) is 2.81. The fraction of sp³-hybridized carbons (Fsp3) is 0.421. The number of hydroxylamine groups is 3. The summed E-state index contributed by atoms with van der Waals surface area (Å²) in [5.41, 5.74) is -0.747. The molecule has 0 fully saturated rings. The average Bonchev–Trinajstić information content (AvgIpc) is 3.33. The second-order valence-corrected chi connectivity index (χ2v) is 22.6. The van der Waals surface area contributed by atoms with Gasteiger partial charge in [-0.05, 0) is 0 Å². The monoisotopic (exact) mass is 691 g/mol. The van der Waals surface area contributed by atoms with Crippen molar-refractivity contribution < 1.29 is 9.95 Å². The molecule has 0 aliphatic carbocycles. The van der Waals surface area contributed by atoms with E-state index in [0.29, 0.717) is 59.8 Å². The van der Waals surface area contributed by atoms with E-state index in [4.69, 9.17) is 0 Å². The molecule has 29 heavy (non-hydrogen) atoms. The summed E-state index contributed by atoms with van der Waals surface area (Å²) in [6.07, 6.45) is 0. The predicted molar refractivity (Wildman–Crippen MR) is 126 cm³/mol. The van der Waals surface area contributed by atoms with Gasteiger partial charge in [0.15, 0.2) is 0 Å². The van der Waals surface area contributed by atoms with Gasteiger partial charge < -0.3 is 0 Å². The Morgan fingerprint density at radius 3 is 2.14 bits per heavy atom. The molecule has 1 aromatic rings. The third-order valence-corrected chi connectivity index (χ3v) is 25.7. The predicted octanol–water partition coefficient (Wildman–Crippen LogP) is 0.990. The summed E-state index contributed by atoms with van der Waals surface area (Å²) in [4.78, 5) is 0. The first-order valence-electron chi connectivity index (χ1n) is 9.12. The molecule has 0 aromatic heterocycles. The Morgan fingerprint density at radius 1 is 0.966 bits per heavy atom. The molecule has 0 amide bonds. The quantitative estimate of drug-likeness (QED) is 0.252. The standard InChI is InChI=1S/C19H19N2O2S2Se4/c1-18(2)19(3,4)21(23)13(20(18)22)10-5-6-11-12(9-10)27-16(26-11)17-28-14-15(29-17)25-8-7-24-14/h5-6,9H,7-8H2,1-4H3. The molecule has 4 aliphatic heterocycles. The molecule has 4 heterocycles. The first-order chi connectivity index (χ1) is 13.7. The number of fused-ring (bicyclic) bond motifs is 1. The molecule has 4 nitrogen and oxygen atoms in total. The van der Waals surface area contributed by atoms with Gasteiger partial charge in [-0.25, -0.2) is 0 Å². The molecule has 0 atom stereocenters. The van der Waals surface area contributed by atoms with E-state index in [1.165, 1.54) is 20.4 Å². The van der Waals surface area contributed by atoms with Crippen LogP contribution in [0.15, 0.2) is 32.5 Å². The number of hydrogen-bond acceptors (Lipinski definition) is 4. The van der Waals surface area contributed by atoms with E-state index in [2.05, 4.69) is 35.7 Å². The number of rotatable bonds is 1. The van der Waals surface area contributed by atoms with Gasteiger partial charge in [0.1, 0.15) is 0 Å². The fourth-order valence-electron chi connectivity index (χ4n) is 3.26. The van der Waals surface area contributed by atoms with E-state index >= 15 is 0 Å². The van der Waals surface area contributed by atoms with Crippen LogP contribution in [-0.2, 0) is 5.21 Å². The van der Waals surface area contributed by atoms with Crippen LogP contribution in [0.25, 0.3) is 0 Å². The van der Waals surface area contributed by atoms with Crippen LogP contribution in [0.3, 0.4) is 0 Å². The molecule has 0 saturated carbocycles. The maximum absolute atomic E-state index is 13.0. The zero-order chi connectivity index (χ0) is 20.6. The Labute approximate surface area is 205 Å². The minimum atomic E-state index is -0.764. The van der Waals surface area contributed by atoms with Crippen molar-refractivity contribution in [1.82, 2.24) is 5.06 Å². The van der Waals surface area contributed by atoms with Crippen molar-refractivity contribution in [3.8, 4) is 0 Å². The van der Waals surface area contributed by atoms with Crippen LogP contribution in [0.2, 0.25) is 0 Å². The Hall–Kier alpha value is 0.708. The number of thioether (sulfide) groups is 2. The van der Waals surface area contributed by atoms with Crippen molar-refractivity contribution in [3.63, 3.8) is 0 Å². The molecule has 0 saturated heterocycles. The van der Waals surface area contributed by atoms with Crippen LogP contribution in [0, 0.1) is 5.21 Å². The summed E-state index contributed by atoms with van der Waals surface area (Å²) in [6.45, 7) is 7.43. The molecule has 153 valence electrons. The summed E-state index contributed by atoms with van der Waals surface area (Å²) in [6, 6.07) is 6.31. The van der Waals surface area contributed by atoms with Crippen LogP contribution in [0.1, 0.15) is 33.3 Å². The third kappa shape index (κ3) is 3.39. The van der Waals surface area contributed by atoms with Gasteiger partial charge >= 0.3 is 207 Å². The van der Waals surface area contributed by atoms with Crippen LogP contribution in [0.4, 0.5) is 0 Å². The van der Waals surface area contributed by atoms with Gasteiger partial charge in [0.2, 0.25) is 0 Å². The minimum absolute atomic E-state index is 0.270. The van der Waals surface area contributed by atoms with Gasteiger partial charge in [-0.3, -0.25) is 0 Å². The van der Waals surface area contributed by atoms with E-state index in [1.54, 1.807) is 14.3 Å². The maximum atomic E-state index is 13.0. The van der Waals surface area contributed by atoms with E-state index in [0.717, 1.165) is 15.4 Å². The Balaban J connectivity index is 1.45. The SMILES string of the molecule is CC1(C)N([O])C(c2ccc3c(c2)[Se]C(=C2[Se]C4=C(SCCS4)[Se]2)[Se]3)=[N+]([O-])C1(C)C. The second-order valence-electron chi connectivity index (χ2n) is 7.95. The van der Waals surface area contributed by atoms with E-state index < -0.39 is 11.1 Å². The van der Waals surface area contributed by atoms with Crippen molar-refractivity contribution in [1.29, 1.82) is 0 Å². The summed E-state index contributed by atoms with van der Waals surface area (Å²) >= 11 is 6.08. The Morgan fingerprint density at radius 2 is 1.55 bits per heavy atom. The molecule has 0 unspecified atom stereocenters. The first-order valence-corrected chi connectivity index (χ1v) is 17.9. The number of benzene rings is 1. The molecule has 10 heteroatoms. The van der Waals surface area contributed by atoms with Crippen molar-refractivity contribution in [3.05, 3.63) is 43.3 Å². The Kier molecular flexibility index (Phi) is 5.68. The van der Waals surface area contributed by atoms with Gasteiger partial charge in [-0.2, -0.15) is 0 Å². The van der Waals surface area contributed by atoms with Crippen molar-refractivity contribution in [2.45, 2.75) is 38.8 Å². The van der Waals surface area contributed by atoms with Crippen molar-refractivity contribution >= 4 is 98.1 Å². The fourth-order valence-corrected chi connectivity index (χ4v) is 24.3. The van der Waals surface area contributed by atoms with Gasteiger partial charge in [0.25, 0.3) is 0 Å². The van der Waals surface area contributed by atoms with Crippen LogP contribution >= 0.6 is 23.5 Å². The summed E-state index contributed by atoms with van der Waals surface area (Å²) in [7, 11) is 0. The first kappa shape index (κ1) is 21.5. The van der Waals surface area contributed by atoms with E-state index in [-0.39, 0.29) is 5.84 Å². The normalized spacial score (nSPS) is 25.2. The van der Waals surface area contributed by atoms with Gasteiger partial charge in [-0.1, -0.05) is 0 Å². The molecule has 4 aliphatic rings. The molecule has 0 N–H and O–H groups in total. The van der Waals surface area contributed by atoms with Gasteiger partial charge in [0.05, 0.1) is 0 Å². The zero-order valence-electron chi connectivity index (χ0n) is 16.3. The molecule has 0 bridgehead atoms. The molecule has 1 radical (unpaired) electrons. The van der Waals surface area contributed by atoms with Gasteiger partial charge in [-0.15, -0.1) is 0 Å². The van der Waals surface area contributed by atoms with Crippen molar-refractivity contribution in [2.24, 2.45) is 0 Å². The molecule has 5 rings (SSSR count).